The number of rotatable bonds is 5. The number of hydrogen-bond acceptors (Lipinski definition) is 3. The van der Waals surface area contributed by atoms with Gasteiger partial charge in [-0.2, -0.15) is 5.10 Å². The average molecular weight is 259 g/mol. The van der Waals surface area contributed by atoms with E-state index in [1.54, 1.807) is 0 Å². The van der Waals surface area contributed by atoms with Crippen LogP contribution in [0.5, 0.6) is 5.75 Å². The van der Waals surface area contributed by atoms with Gasteiger partial charge in [0.2, 0.25) is 0 Å². The van der Waals surface area contributed by atoms with Crippen LogP contribution < -0.4 is 10.1 Å². The summed E-state index contributed by atoms with van der Waals surface area (Å²) in [7, 11) is 3.92. The molecule has 0 amide bonds. The molecule has 1 atom stereocenters. The van der Waals surface area contributed by atoms with E-state index in [1.165, 1.54) is 16.8 Å². The van der Waals surface area contributed by atoms with Gasteiger partial charge in [-0.1, -0.05) is 12.1 Å². The summed E-state index contributed by atoms with van der Waals surface area (Å²) in [5.74, 6) is 0.904. The summed E-state index contributed by atoms with van der Waals surface area (Å²) in [5, 5.41) is 7.66. The third kappa shape index (κ3) is 2.79. The van der Waals surface area contributed by atoms with Crippen molar-refractivity contribution in [3.05, 3.63) is 47.3 Å². The topological polar surface area (TPSA) is 39.1 Å². The number of nitrogens with one attached hydrogen (secondary N) is 1. The molecule has 0 fully saturated rings. The molecule has 102 valence electrons. The Balaban J connectivity index is 2.36. The Bertz CT molecular complexity index is 548. The SMILES string of the molecule is CCOc1cccc(C(NC)c2cnn(C)c2C)c1. The van der Waals surface area contributed by atoms with Crippen molar-refractivity contribution in [1.82, 2.24) is 15.1 Å². The van der Waals surface area contributed by atoms with E-state index in [0.29, 0.717) is 6.61 Å². The third-order valence-corrected chi connectivity index (χ3v) is 3.38. The molecular formula is C15H21N3O. The Hall–Kier alpha value is -1.81. The first-order valence-electron chi connectivity index (χ1n) is 6.55. The highest BCUT2D eigenvalue weighted by Crippen LogP contribution is 2.26. The van der Waals surface area contributed by atoms with Crippen LogP contribution >= 0.6 is 0 Å². The van der Waals surface area contributed by atoms with Gasteiger partial charge in [0, 0.05) is 18.3 Å². The predicted molar refractivity (Wildman–Crippen MR) is 76.5 cm³/mol. The molecule has 2 rings (SSSR count). The summed E-state index contributed by atoms with van der Waals surface area (Å²) < 4.78 is 7.46. The second-order valence-corrected chi connectivity index (χ2v) is 4.54. The maximum absolute atomic E-state index is 5.56. The highest BCUT2D eigenvalue weighted by atomic mass is 16.5. The van der Waals surface area contributed by atoms with Gasteiger partial charge in [0.15, 0.2) is 0 Å². The van der Waals surface area contributed by atoms with E-state index in [1.807, 2.05) is 44.0 Å². The van der Waals surface area contributed by atoms with Crippen molar-refractivity contribution in [3.63, 3.8) is 0 Å². The van der Waals surface area contributed by atoms with E-state index < -0.39 is 0 Å². The zero-order valence-electron chi connectivity index (χ0n) is 12.0. The number of aromatic nitrogens is 2. The van der Waals surface area contributed by atoms with Gasteiger partial charge in [0.25, 0.3) is 0 Å². The molecule has 0 aliphatic heterocycles. The standard InChI is InChI=1S/C15H21N3O/c1-5-19-13-8-6-7-12(9-13)15(16-3)14-10-17-18(4)11(14)2/h6-10,15-16H,5H2,1-4H3. The van der Waals surface area contributed by atoms with Crippen LogP contribution in [-0.2, 0) is 7.05 Å². The van der Waals surface area contributed by atoms with Crippen LogP contribution in [0.15, 0.2) is 30.5 Å². The maximum atomic E-state index is 5.56. The minimum atomic E-state index is 0.133. The fourth-order valence-corrected chi connectivity index (χ4v) is 2.25. The van der Waals surface area contributed by atoms with E-state index in [-0.39, 0.29) is 6.04 Å². The Morgan fingerprint density at radius 2 is 2.21 bits per heavy atom. The molecule has 19 heavy (non-hydrogen) atoms. The first kappa shape index (κ1) is 13.6. The lowest BCUT2D eigenvalue weighted by atomic mass is 9.99. The number of hydrogen-bond donors (Lipinski definition) is 1. The van der Waals surface area contributed by atoms with Gasteiger partial charge in [-0.15, -0.1) is 0 Å². The zero-order valence-corrected chi connectivity index (χ0v) is 12.0. The monoisotopic (exact) mass is 259 g/mol. The highest BCUT2D eigenvalue weighted by Gasteiger charge is 2.17. The molecule has 1 aromatic heterocycles. The lowest BCUT2D eigenvalue weighted by molar-refractivity contribution is 0.339. The molecule has 1 N–H and O–H groups in total. The molecule has 0 aliphatic rings. The van der Waals surface area contributed by atoms with Gasteiger partial charge in [0.05, 0.1) is 18.8 Å². The van der Waals surface area contributed by atoms with Crippen molar-refractivity contribution in [2.45, 2.75) is 19.9 Å². The van der Waals surface area contributed by atoms with Gasteiger partial charge in [0.1, 0.15) is 5.75 Å². The molecule has 1 heterocycles. The lowest BCUT2D eigenvalue weighted by Gasteiger charge is -2.17. The lowest BCUT2D eigenvalue weighted by Crippen LogP contribution is -2.18. The summed E-state index contributed by atoms with van der Waals surface area (Å²) in [6.07, 6.45) is 1.92. The molecular weight excluding hydrogens is 238 g/mol. The molecule has 0 radical (unpaired) electrons. The fraction of sp³-hybridized carbons (Fsp3) is 0.400. The summed E-state index contributed by atoms with van der Waals surface area (Å²) >= 11 is 0. The van der Waals surface area contributed by atoms with Crippen molar-refractivity contribution < 1.29 is 4.74 Å². The van der Waals surface area contributed by atoms with Crippen LogP contribution in [0.1, 0.15) is 29.8 Å². The summed E-state index contributed by atoms with van der Waals surface area (Å²) in [4.78, 5) is 0. The Labute approximate surface area is 114 Å². The number of nitrogens with zero attached hydrogens (tertiary/aromatic N) is 2. The first-order chi connectivity index (χ1) is 9.17. The van der Waals surface area contributed by atoms with Crippen LogP contribution in [0.25, 0.3) is 0 Å². The molecule has 0 saturated carbocycles. The normalized spacial score (nSPS) is 12.4. The van der Waals surface area contributed by atoms with Crippen molar-refractivity contribution in [2.75, 3.05) is 13.7 Å². The van der Waals surface area contributed by atoms with Crippen LogP contribution in [0.4, 0.5) is 0 Å². The minimum Gasteiger partial charge on any atom is -0.494 e. The highest BCUT2D eigenvalue weighted by molar-refractivity contribution is 5.37. The molecule has 1 unspecified atom stereocenters. The molecule has 4 nitrogen and oxygen atoms in total. The first-order valence-corrected chi connectivity index (χ1v) is 6.55. The third-order valence-electron chi connectivity index (χ3n) is 3.38. The van der Waals surface area contributed by atoms with E-state index in [0.717, 1.165) is 5.75 Å². The van der Waals surface area contributed by atoms with Gasteiger partial charge < -0.3 is 10.1 Å². The summed E-state index contributed by atoms with van der Waals surface area (Å²) in [5.41, 5.74) is 3.55. The van der Waals surface area contributed by atoms with Gasteiger partial charge in [-0.05, 0) is 38.6 Å². The van der Waals surface area contributed by atoms with E-state index in [9.17, 15) is 0 Å². The van der Waals surface area contributed by atoms with Crippen molar-refractivity contribution in [3.8, 4) is 5.75 Å². The van der Waals surface area contributed by atoms with Crippen molar-refractivity contribution in [1.29, 1.82) is 0 Å². The molecule has 0 saturated heterocycles. The predicted octanol–water partition coefficient (Wildman–Crippen LogP) is 2.44. The molecule has 0 spiro atoms. The Morgan fingerprint density at radius 3 is 2.79 bits per heavy atom. The molecule has 4 heteroatoms. The van der Waals surface area contributed by atoms with Crippen molar-refractivity contribution in [2.24, 2.45) is 7.05 Å². The zero-order chi connectivity index (χ0) is 13.8. The summed E-state index contributed by atoms with van der Waals surface area (Å²) in [6.45, 7) is 4.76. The quantitative estimate of drug-likeness (QED) is 0.896. The number of aryl methyl sites for hydroxylation is 1. The van der Waals surface area contributed by atoms with Crippen LogP contribution in [0, 0.1) is 6.92 Å². The fourth-order valence-electron chi connectivity index (χ4n) is 2.25. The second-order valence-electron chi connectivity index (χ2n) is 4.54. The largest absolute Gasteiger partial charge is 0.494 e. The van der Waals surface area contributed by atoms with Gasteiger partial charge in [-0.3, -0.25) is 4.68 Å². The minimum absolute atomic E-state index is 0.133. The van der Waals surface area contributed by atoms with Crippen LogP contribution in [0.3, 0.4) is 0 Å². The molecule has 2 aromatic rings. The van der Waals surface area contributed by atoms with E-state index in [2.05, 4.69) is 29.5 Å². The Morgan fingerprint density at radius 1 is 1.42 bits per heavy atom. The molecule has 0 bridgehead atoms. The average Bonchev–Trinajstić information content (AvgIpc) is 2.73. The van der Waals surface area contributed by atoms with Gasteiger partial charge >= 0.3 is 0 Å². The summed E-state index contributed by atoms with van der Waals surface area (Å²) in [6, 6.07) is 8.33. The van der Waals surface area contributed by atoms with Crippen LogP contribution in [0.2, 0.25) is 0 Å². The Kier molecular flexibility index (Phi) is 4.22. The number of ether oxygens (including phenoxy) is 1. The van der Waals surface area contributed by atoms with E-state index >= 15 is 0 Å². The molecule has 0 aliphatic carbocycles. The number of benzene rings is 1. The second kappa shape index (κ2) is 5.89. The van der Waals surface area contributed by atoms with Crippen LogP contribution in [-0.4, -0.2) is 23.4 Å². The molecule has 1 aromatic carbocycles. The van der Waals surface area contributed by atoms with Crippen molar-refractivity contribution >= 4 is 0 Å². The maximum Gasteiger partial charge on any atom is 0.119 e. The van der Waals surface area contributed by atoms with Gasteiger partial charge in [-0.25, -0.2) is 0 Å². The van der Waals surface area contributed by atoms with E-state index in [4.69, 9.17) is 4.74 Å². The smallest absolute Gasteiger partial charge is 0.119 e.